The molecule has 19 heavy (non-hydrogen) atoms. The van der Waals surface area contributed by atoms with Crippen LogP contribution in [0.5, 0.6) is 0 Å². The van der Waals surface area contributed by atoms with Crippen LogP contribution in [0.25, 0.3) is 0 Å². The summed E-state index contributed by atoms with van der Waals surface area (Å²) < 4.78 is 0. The Morgan fingerprint density at radius 3 is 2.26 bits per heavy atom. The molecule has 1 saturated carbocycles. The second kappa shape index (κ2) is 4.37. The van der Waals surface area contributed by atoms with Crippen molar-refractivity contribution in [3.05, 3.63) is 35.4 Å². The normalized spacial score (nSPS) is 16.8. The van der Waals surface area contributed by atoms with Crippen LogP contribution in [0, 0.1) is 0 Å². The van der Waals surface area contributed by atoms with E-state index in [2.05, 4.69) is 5.32 Å². The molecule has 0 bridgehead atoms. The van der Waals surface area contributed by atoms with Gasteiger partial charge in [0.2, 0.25) is 0 Å². The molecule has 2 N–H and O–H groups in total. The van der Waals surface area contributed by atoms with E-state index < -0.39 is 11.5 Å². The molecule has 0 atom stereocenters. The number of hydrogen-bond donors (Lipinski definition) is 2. The molecule has 0 unspecified atom stereocenters. The van der Waals surface area contributed by atoms with E-state index in [4.69, 9.17) is 5.11 Å². The monoisotopic (exact) mass is 261 g/mol. The Morgan fingerprint density at radius 2 is 1.79 bits per heavy atom. The number of amides is 1. The van der Waals surface area contributed by atoms with Crippen LogP contribution in [0.1, 0.15) is 49.5 Å². The predicted octanol–water partition coefficient (Wildman–Crippen LogP) is 2.33. The van der Waals surface area contributed by atoms with Crippen LogP contribution < -0.4 is 5.32 Å². The Labute approximate surface area is 112 Å². The number of carboxylic acids is 1. The van der Waals surface area contributed by atoms with Gasteiger partial charge in [-0.2, -0.15) is 0 Å². The van der Waals surface area contributed by atoms with Crippen molar-refractivity contribution in [3.8, 4) is 0 Å². The lowest BCUT2D eigenvalue weighted by molar-refractivity contribution is -0.140. The second-order valence-electron chi connectivity index (χ2n) is 6.14. The molecular weight excluding hydrogens is 242 g/mol. The van der Waals surface area contributed by atoms with Gasteiger partial charge in [-0.1, -0.05) is 39.0 Å². The first-order chi connectivity index (χ1) is 8.76. The van der Waals surface area contributed by atoms with Crippen molar-refractivity contribution in [2.45, 2.75) is 44.6 Å². The number of aliphatic carboxylic acids is 1. The number of benzene rings is 1. The topological polar surface area (TPSA) is 66.4 Å². The van der Waals surface area contributed by atoms with Crippen molar-refractivity contribution in [2.75, 3.05) is 0 Å². The van der Waals surface area contributed by atoms with Gasteiger partial charge >= 0.3 is 5.97 Å². The first-order valence-electron chi connectivity index (χ1n) is 6.42. The second-order valence-corrected chi connectivity index (χ2v) is 6.14. The summed E-state index contributed by atoms with van der Waals surface area (Å²) in [5.74, 6) is -1.25. The highest BCUT2D eigenvalue weighted by molar-refractivity contribution is 6.00. The van der Waals surface area contributed by atoms with Crippen molar-refractivity contribution in [2.24, 2.45) is 0 Å². The summed E-state index contributed by atoms with van der Waals surface area (Å²) in [5, 5.41) is 11.8. The van der Waals surface area contributed by atoms with E-state index in [1.165, 1.54) is 0 Å². The summed E-state index contributed by atoms with van der Waals surface area (Å²) >= 11 is 0. The van der Waals surface area contributed by atoms with Crippen molar-refractivity contribution in [1.82, 2.24) is 5.32 Å². The molecule has 1 aromatic carbocycles. The minimum atomic E-state index is -1.04. The quantitative estimate of drug-likeness (QED) is 0.877. The molecule has 1 fully saturated rings. The van der Waals surface area contributed by atoms with Gasteiger partial charge in [0, 0.05) is 5.56 Å². The smallest absolute Gasteiger partial charge is 0.329 e. The first kappa shape index (κ1) is 13.6. The van der Waals surface area contributed by atoms with E-state index in [-0.39, 0.29) is 11.3 Å². The van der Waals surface area contributed by atoms with Gasteiger partial charge in [-0.15, -0.1) is 0 Å². The summed E-state index contributed by atoms with van der Waals surface area (Å²) in [6.45, 7) is 6.09. The zero-order valence-electron chi connectivity index (χ0n) is 11.5. The van der Waals surface area contributed by atoms with Crippen molar-refractivity contribution < 1.29 is 14.7 Å². The lowest BCUT2D eigenvalue weighted by Crippen LogP contribution is -2.43. The van der Waals surface area contributed by atoms with Gasteiger partial charge in [-0.05, 0) is 29.9 Å². The molecule has 1 aliphatic carbocycles. The Morgan fingerprint density at radius 1 is 1.21 bits per heavy atom. The van der Waals surface area contributed by atoms with Gasteiger partial charge in [0.1, 0.15) is 5.54 Å². The highest BCUT2D eigenvalue weighted by Gasteiger charge is 2.51. The average Bonchev–Trinajstić information content (AvgIpc) is 3.09. The maximum absolute atomic E-state index is 12.3. The summed E-state index contributed by atoms with van der Waals surface area (Å²) in [7, 11) is 0. The van der Waals surface area contributed by atoms with Crippen LogP contribution in [0.2, 0.25) is 0 Å². The molecule has 0 saturated heterocycles. The molecule has 4 nitrogen and oxygen atoms in total. The molecule has 1 aliphatic rings. The minimum absolute atomic E-state index is 0.159. The fourth-order valence-electron chi connectivity index (χ4n) is 2.14. The Kier molecular flexibility index (Phi) is 3.12. The predicted molar refractivity (Wildman–Crippen MR) is 72.2 cm³/mol. The van der Waals surface area contributed by atoms with E-state index in [0.717, 1.165) is 5.56 Å². The van der Waals surface area contributed by atoms with Gasteiger partial charge in [-0.3, -0.25) is 4.79 Å². The number of rotatable bonds is 3. The Balaban J connectivity index is 2.28. The molecule has 2 rings (SSSR count). The molecule has 0 radical (unpaired) electrons. The molecule has 1 amide bonds. The molecule has 4 heteroatoms. The van der Waals surface area contributed by atoms with E-state index in [1.54, 1.807) is 12.1 Å². The summed E-state index contributed by atoms with van der Waals surface area (Å²) in [5.41, 5.74) is 0.284. The van der Waals surface area contributed by atoms with E-state index in [9.17, 15) is 9.59 Å². The standard InChI is InChI=1S/C15H19NO3/c1-14(2,3)11-7-5-4-6-10(11)12(17)16-15(8-9-15)13(18)19/h4-7H,8-9H2,1-3H3,(H,16,17)(H,18,19). The third-order valence-corrected chi connectivity index (χ3v) is 3.49. The van der Waals surface area contributed by atoms with E-state index in [1.807, 2.05) is 32.9 Å². The maximum Gasteiger partial charge on any atom is 0.329 e. The van der Waals surface area contributed by atoms with Crippen LogP contribution in [0.15, 0.2) is 24.3 Å². The van der Waals surface area contributed by atoms with Gasteiger partial charge in [0.15, 0.2) is 0 Å². The summed E-state index contributed by atoms with van der Waals surface area (Å²) in [4.78, 5) is 23.4. The van der Waals surface area contributed by atoms with Crippen LogP contribution in [-0.2, 0) is 10.2 Å². The molecular formula is C15H19NO3. The fraction of sp³-hybridized carbons (Fsp3) is 0.467. The molecule has 0 aliphatic heterocycles. The fourth-order valence-corrected chi connectivity index (χ4v) is 2.14. The number of carbonyl (C=O) groups excluding carboxylic acids is 1. The third kappa shape index (κ3) is 2.62. The lowest BCUT2D eigenvalue weighted by Gasteiger charge is -2.23. The summed E-state index contributed by atoms with van der Waals surface area (Å²) in [6, 6.07) is 7.34. The van der Waals surface area contributed by atoms with Gasteiger partial charge in [0.25, 0.3) is 5.91 Å². The molecule has 102 valence electrons. The van der Waals surface area contributed by atoms with Crippen molar-refractivity contribution in [1.29, 1.82) is 0 Å². The number of carbonyl (C=O) groups is 2. The summed E-state index contributed by atoms with van der Waals surface area (Å²) in [6.07, 6.45) is 1.01. The largest absolute Gasteiger partial charge is 0.480 e. The zero-order valence-corrected chi connectivity index (χ0v) is 11.5. The highest BCUT2D eigenvalue weighted by Crippen LogP contribution is 2.36. The molecule has 1 aromatic rings. The Hall–Kier alpha value is -1.84. The van der Waals surface area contributed by atoms with Gasteiger partial charge in [-0.25, -0.2) is 4.79 Å². The van der Waals surface area contributed by atoms with Crippen LogP contribution in [0.4, 0.5) is 0 Å². The Bertz CT molecular complexity index is 524. The maximum atomic E-state index is 12.3. The van der Waals surface area contributed by atoms with Crippen LogP contribution >= 0.6 is 0 Å². The van der Waals surface area contributed by atoms with Crippen LogP contribution in [-0.4, -0.2) is 22.5 Å². The van der Waals surface area contributed by atoms with E-state index in [0.29, 0.717) is 18.4 Å². The van der Waals surface area contributed by atoms with Crippen molar-refractivity contribution in [3.63, 3.8) is 0 Å². The van der Waals surface area contributed by atoms with Crippen LogP contribution in [0.3, 0.4) is 0 Å². The van der Waals surface area contributed by atoms with Gasteiger partial charge in [0.05, 0.1) is 0 Å². The zero-order chi connectivity index (χ0) is 14.3. The van der Waals surface area contributed by atoms with Gasteiger partial charge < -0.3 is 10.4 Å². The van der Waals surface area contributed by atoms with E-state index >= 15 is 0 Å². The average molecular weight is 261 g/mol. The first-order valence-corrected chi connectivity index (χ1v) is 6.42. The minimum Gasteiger partial charge on any atom is -0.480 e. The lowest BCUT2D eigenvalue weighted by atomic mass is 9.83. The molecule has 0 aromatic heterocycles. The highest BCUT2D eigenvalue weighted by atomic mass is 16.4. The van der Waals surface area contributed by atoms with Crippen molar-refractivity contribution >= 4 is 11.9 Å². The number of hydrogen-bond acceptors (Lipinski definition) is 2. The number of carboxylic acid groups (broad SMARTS) is 1. The third-order valence-electron chi connectivity index (χ3n) is 3.49. The molecule has 0 heterocycles. The number of nitrogens with one attached hydrogen (secondary N) is 1. The SMILES string of the molecule is CC(C)(C)c1ccccc1C(=O)NC1(C(=O)O)CC1. The molecule has 0 spiro atoms.